The van der Waals surface area contributed by atoms with Gasteiger partial charge in [-0.3, -0.25) is 0 Å². The lowest BCUT2D eigenvalue weighted by Crippen LogP contribution is -2.44. The summed E-state index contributed by atoms with van der Waals surface area (Å²) < 4.78 is 5.28. The van der Waals surface area contributed by atoms with E-state index in [-0.39, 0.29) is 11.4 Å². The predicted octanol–water partition coefficient (Wildman–Crippen LogP) is 3.59. The van der Waals surface area contributed by atoms with E-state index in [1.807, 2.05) is 0 Å². The van der Waals surface area contributed by atoms with Gasteiger partial charge in [-0.05, 0) is 36.7 Å². The van der Waals surface area contributed by atoms with Gasteiger partial charge in [-0.15, -0.1) is 0 Å². The van der Waals surface area contributed by atoms with Crippen molar-refractivity contribution in [1.29, 1.82) is 0 Å². The number of hydrogen-bond donors (Lipinski definition) is 0. The minimum Gasteiger partial charge on any atom is -0.423 e. The number of carbonyl (C=O) groups excluding carboxylic acids is 1. The Bertz CT molecular complexity index is 442. The molecule has 92 valence electrons. The van der Waals surface area contributed by atoms with Crippen LogP contribution in [0.15, 0.2) is 23.5 Å². The van der Waals surface area contributed by atoms with Crippen LogP contribution in [0.5, 0.6) is 0 Å². The van der Waals surface area contributed by atoms with Crippen molar-refractivity contribution < 1.29 is 9.53 Å². The summed E-state index contributed by atoms with van der Waals surface area (Å²) in [5, 5.41) is 0. The number of esters is 1. The van der Waals surface area contributed by atoms with Gasteiger partial charge in [-0.25, -0.2) is 4.79 Å². The van der Waals surface area contributed by atoms with Gasteiger partial charge in [0.2, 0.25) is 0 Å². The molecule has 0 radical (unpaired) electrons. The van der Waals surface area contributed by atoms with Crippen molar-refractivity contribution in [3.05, 3.63) is 23.5 Å². The average molecular weight is 232 g/mol. The zero-order valence-corrected chi connectivity index (χ0v) is 10.9. The Morgan fingerprint density at radius 1 is 1.29 bits per heavy atom. The molecule has 1 aliphatic heterocycles. The van der Waals surface area contributed by atoms with Gasteiger partial charge in [-0.2, -0.15) is 0 Å². The van der Waals surface area contributed by atoms with Crippen molar-refractivity contribution in [1.82, 2.24) is 0 Å². The molecule has 0 N–H and O–H groups in total. The van der Waals surface area contributed by atoms with Gasteiger partial charge < -0.3 is 4.74 Å². The van der Waals surface area contributed by atoms with E-state index >= 15 is 0 Å². The lowest BCUT2D eigenvalue weighted by molar-refractivity contribution is -0.132. The second-order valence-corrected chi connectivity index (χ2v) is 6.60. The van der Waals surface area contributed by atoms with Crippen LogP contribution in [0.1, 0.15) is 46.5 Å². The van der Waals surface area contributed by atoms with E-state index in [2.05, 4.69) is 26.8 Å². The Morgan fingerprint density at radius 2 is 2.06 bits per heavy atom. The van der Waals surface area contributed by atoms with Gasteiger partial charge in [-0.1, -0.05) is 27.2 Å². The maximum absolute atomic E-state index is 11.4. The fourth-order valence-electron chi connectivity index (χ4n) is 4.23. The Balaban J connectivity index is 2.09. The summed E-state index contributed by atoms with van der Waals surface area (Å²) in [6.07, 6.45) is 8.61. The van der Waals surface area contributed by atoms with E-state index in [1.54, 1.807) is 6.08 Å². The van der Waals surface area contributed by atoms with E-state index in [0.29, 0.717) is 11.3 Å². The standard InChI is InChI=1S/C15H20O2/c1-14(2)7-4-8-15(3)10-9-13(16)17-11(10)5-6-12(14)15/h5,9,12H,4,6-8H2,1-3H3/t12-,15+/m0/s1. The molecule has 1 fully saturated rings. The second kappa shape index (κ2) is 3.24. The maximum Gasteiger partial charge on any atom is 0.336 e. The molecule has 3 aliphatic rings. The second-order valence-electron chi connectivity index (χ2n) is 6.60. The summed E-state index contributed by atoms with van der Waals surface area (Å²) in [7, 11) is 0. The summed E-state index contributed by atoms with van der Waals surface area (Å²) in [6.45, 7) is 7.05. The first-order chi connectivity index (χ1) is 7.93. The largest absolute Gasteiger partial charge is 0.423 e. The highest BCUT2D eigenvalue weighted by Gasteiger charge is 2.52. The zero-order valence-electron chi connectivity index (χ0n) is 10.9. The van der Waals surface area contributed by atoms with E-state index < -0.39 is 0 Å². The van der Waals surface area contributed by atoms with Gasteiger partial charge in [0.05, 0.1) is 0 Å². The molecule has 0 aromatic carbocycles. The van der Waals surface area contributed by atoms with Gasteiger partial charge >= 0.3 is 5.97 Å². The number of ether oxygens (including phenoxy) is 1. The normalized spacial score (nSPS) is 38.8. The molecule has 0 aromatic heterocycles. The van der Waals surface area contributed by atoms with Gasteiger partial charge in [0, 0.05) is 17.1 Å². The van der Waals surface area contributed by atoms with Crippen molar-refractivity contribution in [2.75, 3.05) is 0 Å². The Morgan fingerprint density at radius 3 is 2.82 bits per heavy atom. The Kier molecular flexibility index (Phi) is 2.11. The predicted molar refractivity (Wildman–Crippen MR) is 66.1 cm³/mol. The van der Waals surface area contributed by atoms with Gasteiger partial charge in [0.1, 0.15) is 5.76 Å². The molecular formula is C15H20O2. The molecular weight excluding hydrogens is 212 g/mol. The number of fused-ring (bicyclic) bond motifs is 3. The van der Waals surface area contributed by atoms with Crippen LogP contribution < -0.4 is 0 Å². The van der Waals surface area contributed by atoms with E-state index in [9.17, 15) is 4.79 Å². The molecule has 2 heteroatoms. The molecule has 0 bridgehead atoms. The molecule has 0 unspecified atom stereocenters. The topological polar surface area (TPSA) is 26.3 Å². The van der Waals surface area contributed by atoms with Crippen molar-refractivity contribution in [2.45, 2.75) is 46.5 Å². The van der Waals surface area contributed by atoms with Crippen LogP contribution in [0.3, 0.4) is 0 Å². The van der Waals surface area contributed by atoms with E-state index in [0.717, 1.165) is 17.8 Å². The fourth-order valence-corrected chi connectivity index (χ4v) is 4.23. The first-order valence-corrected chi connectivity index (χ1v) is 6.58. The van der Waals surface area contributed by atoms with E-state index in [4.69, 9.17) is 4.74 Å². The smallest absolute Gasteiger partial charge is 0.336 e. The summed E-state index contributed by atoms with van der Waals surface area (Å²) >= 11 is 0. The van der Waals surface area contributed by atoms with Crippen molar-refractivity contribution in [3.8, 4) is 0 Å². The Labute approximate surface area is 103 Å². The van der Waals surface area contributed by atoms with Crippen LogP contribution in [-0.2, 0) is 9.53 Å². The van der Waals surface area contributed by atoms with Crippen molar-refractivity contribution >= 4 is 5.97 Å². The average Bonchev–Trinajstić information content (AvgIpc) is 2.58. The third-order valence-electron chi connectivity index (χ3n) is 5.12. The van der Waals surface area contributed by atoms with Crippen LogP contribution in [-0.4, -0.2) is 5.97 Å². The lowest BCUT2D eigenvalue weighted by Gasteiger charge is -2.53. The Hall–Kier alpha value is -1.05. The highest BCUT2D eigenvalue weighted by molar-refractivity contribution is 5.89. The molecule has 17 heavy (non-hydrogen) atoms. The molecule has 1 heterocycles. The molecule has 0 amide bonds. The number of hydrogen-bond acceptors (Lipinski definition) is 2. The first kappa shape index (κ1) is 11.1. The van der Waals surface area contributed by atoms with Crippen LogP contribution in [0.2, 0.25) is 0 Å². The summed E-state index contributed by atoms with van der Waals surface area (Å²) in [5.41, 5.74) is 1.66. The fraction of sp³-hybridized carbons (Fsp3) is 0.667. The number of rotatable bonds is 0. The summed E-state index contributed by atoms with van der Waals surface area (Å²) in [4.78, 5) is 11.4. The van der Waals surface area contributed by atoms with Crippen LogP contribution in [0, 0.1) is 16.7 Å². The van der Waals surface area contributed by atoms with Crippen molar-refractivity contribution in [2.24, 2.45) is 16.7 Å². The highest BCUT2D eigenvalue weighted by atomic mass is 16.5. The SMILES string of the molecule is CC1(C)CCC[C@]2(C)C3=CC(=O)OC3=CC[C@@H]12. The third kappa shape index (κ3) is 1.42. The maximum atomic E-state index is 11.4. The number of carbonyl (C=O) groups is 1. The number of allylic oxidation sites excluding steroid dienone is 2. The molecule has 1 saturated carbocycles. The third-order valence-corrected chi connectivity index (χ3v) is 5.12. The summed E-state index contributed by atoms with van der Waals surface area (Å²) in [5.74, 6) is 1.29. The summed E-state index contributed by atoms with van der Waals surface area (Å²) in [6, 6.07) is 0. The molecule has 0 aromatic rings. The minimum absolute atomic E-state index is 0.137. The van der Waals surface area contributed by atoms with E-state index in [1.165, 1.54) is 19.3 Å². The zero-order chi connectivity index (χ0) is 12.3. The van der Waals surface area contributed by atoms with Crippen LogP contribution >= 0.6 is 0 Å². The molecule has 0 saturated heterocycles. The highest BCUT2D eigenvalue weighted by Crippen LogP contribution is 2.60. The molecule has 2 nitrogen and oxygen atoms in total. The first-order valence-electron chi connectivity index (χ1n) is 6.58. The minimum atomic E-state index is -0.184. The molecule has 2 aliphatic carbocycles. The van der Waals surface area contributed by atoms with Crippen molar-refractivity contribution in [3.63, 3.8) is 0 Å². The quantitative estimate of drug-likeness (QED) is 0.597. The van der Waals surface area contributed by atoms with Gasteiger partial charge in [0.25, 0.3) is 0 Å². The molecule has 0 spiro atoms. The van der Waals surface area contributed by atoms with Crippen LogP contribution in [0.25, 0.3) is 0 Å². The lowest BCUT2D eigenvalue weighted by atomic mass is 9.51. The van der Waals surface area contributed by atoms with Gasteiger partial charge in [0.15, 0.2) is 0 Å². The van der Waals surface area contributed by atoms with Crippen LogP contribution in [0.4, 0.5) is 0 Å². The molecule has 2 atom stereocenters. The molecule has 3 rings (SSSR count). The monoisotopic (exact) mass is 232 g/mol.